The van der Waals surface area contributed by atoms with Crippen molar-refractivity contribution in [3.05, 3.63) is 0 Å². The molecule has 0 unspecified atom stereocenters. The number of rotatable bonds is 3. The third-order valence-electron chi connectivity index (χ3n) is 5.06. The van der Waals surface area contributed by atoms with Crippen molar-refractivity contribution in [2.24, 2.45) is 11.3 Å². The van der Waals surface area contributed by atoms with Crippen molar-refractivity contribution in [3.8, 4) is 0 Å². The summed E-state index contributed by atoms with van der Waals surface area (Å²) in [6.07, 6.45) is 4.56. The van der Waals surface area contributed by atoms with Gasteiger partial charge in [0.1, 0.15) is 0 Å². The summed E-state index contributed by atoms with van der Waals surface area (Å²) in [6, 6.07) is 0. The van der Waals surface area contributed by atoms with Gasteiger partial charge in [0.05, 0.1) is 12.0 Å². The number of aliphatic carboxylic acids is 1. The molecule has 0 atom stereocenters. The molecule has 1 saturated heterocycles. The molecule has 1 heterocycles. The second kappa shape index (κ2) is 9.99. The Bertz CT molecular complexity index is 426. The Morgan fingerprint density at radius 1 is 1.12 bits per heavy atom. The van der Waals surface area contributed by atoms with Gasteiger partial charge in [-0.1, -0.05) is 25.7 Å². The first kappa shape index (κ1) is 21.7. The van der Waals surface area contributed by atoms with Gasteiger partial charge >= 0.3 is 18.1 Å². The van der Waals surface area contributed by atoms with E-state index < -0.39 is 12.1 Å². The second-order valence-electron chi connectivity index (χ2n) is 6.62. The standard InChI is InChI=1S/C15H27NO2.C2HF3O2/c1-2-18-14(17)15(9-11-16-12-10-15)13-7-5-3-4-6-8-13;3-2(4,5)1(6)7/h13,16H,2-12H2,1H3;(H,6,7). The fraction of sp³-hybridized carbons (Fsp3) is 0.882. The molecule has 2 N–H and O–H groups in total. The van der Waals surface area contributed by atoms with E-state index >= 15 is 0 Å². The number of carboxylic acid groups (broad SMARTS) is 1. The average Bonchev–Trinajstić information content (AvgIpc) is 2.85. The van der Waals surface area contributed by atoms with Crippen LogP contribution >= 0.6 is 0 Å². The number of carbonyl (C=O) groups is 2. The molecular formula is C17H28F3NO4. The molecule has 0 aromatic carbocycles. The van der Waals surface area contributed by atoms with Crippen LogP contribution in [0.2, 0.25) is 0 Å². The van der Waals surface area contributed by atoms with Crippen LogP contribution in [0.25, 0.3) is 0 Å². The summed E-state index contributed by atoms with van der Waals surface area (Å²) in [5, 5.41) is 10.5. The quantitative estimate of drug-likeness (QED) is 0.590. The summed E-state index contributed by atoms with van der Waals surface area (Å²) in [5.41, 5.74) is -0.175. The molecule has 0 radical (unpaired) electrons. The summed E-state index contributed by atoms with van der Waals surface area (Å²) in [5.74, 6) is -2.12. The number of hydrogen-bond acceptors (Lipinski definition) is 4. The molecule has 25 heavy (non-hydrogen) atoms. The van der Waals surface area contributed by atoms with Crippen molar-refractivity contribution in [1.29, 1.82) is 0 Å². The predicted molar refractivity (Wildman–Crippen MR) is 86.1 cm³/mol. The van der Waals surface area contributed by atoms with E-state index in [-0.39, 0.29) is 11.4 Å². The highest BCUT2D eigenvalue weighted by molar-refractivity contribution is 5.77. The minimum atomic E-state index is -5.08. The molecule has 2 fully saturated rings. The van der Waals surface area contributed by atoms with Gasteiger partial charge in [0.25, 0.3) is 0 Å². The van der Waals surface area contributed by atoms with Crippen molar-refractivity contribution >= 4 is 11.9 Å². The number of ether oxygens (including phenoxy) is 1. The lowest BCUT2D eigenvalue weighted by molar-refractivity contribution is -0.192. The van der Waals surface area contributed by atoms with Gasteiger partial charge in [-0.2, -0.15) is 13.2 Å². The van der Waals surface area contributed by atoms with Crippen LogP contribution in [0.15, 0.2) is 0 Å². The van der Waals surface area contributed by atoms with Crippen molar-refractivity contribution < 1.29 is 32.6 Å². The van der Waals surface area contributed by atoms with E-state index in [4.69, 9.17) is 14.6 Å². The average molecular weight is 367 g/mol. The zero-order valence-corrected chi connectivity index (χ0v) is 14.7. The Morgan fingerprint density at radius 3 is 2.00 bits per heavy atom. The van der Waals surface area contributed by atoms with Crippen LogP contribution in [0, 0.1) is 11.3 Å². The summed E-state index contributed by atoms with van der Waals surface area (Å²) in [6.45, 7) is 4.37. The number of carboxylic acids is 1. The van der Waals surface area contributed by atoms with Crippen LogP contribution in [-0.4, -0.2) is 42.9 Å². The number of esters is 1. The monoisotopic (exact) mass is 367 g/mol. The molecule has 1 saturated carbocycles. The smallest absolute Gasteiger partial charge is 0.475 e. The third-order valence-corrected chi connectivity index (χ3v) is 5.06. The summed E-state index contributed by atoms with van der Waals surface area (Å²) in [7, 11) is 0. The van der Waals surface area contributed by atoms with E-state index in [1.54, 1.807) is 0 Å². The number of halogens is 3. The molecule has 5 nitrogen and oxygen atoms in total. The Morgan fingerprint density at radius 2 is 1.60 bits per heavy atom. The fourth-order valence-corrected chi connectivity index (χ4v) is 3.76. The van der Waals surface area contributed by atoms with E-state index in [0.29, 0.717) is 12.5 Å². The summed E-state index contributed by atoms with van der Waals surface area (Å²) < 4.78 is 37.1. The van der Waals surface area contributed by atoms with E-state index in [9.17, 15) is 18.0 Å². The van der Waals surface area contributed by atoms with Crippen LogP contribution in [0.1, 0.15) is 58.3 Å². The SMILES string of the molecule is CCOC(=O)C1(C2CCCCCC2)CCNCC1.O=C(O)C(F)(F)F. The topological polar surface area (TPSA) is 75.6 Å². The molecule has 8 heteroatoms. The van der Waals surface area contributed by atoms with Gasteiger partial charge in [-0.25, -0.2) is 4.79 Å². The van der Waals surface area contributed by atoms with Crippen LogP contribution < -0.4 is 5.32 Å². The molecule has 1 aliphatic carbocycles. The van der Waals surface area contributed by atoms with Crippen LogP contribution in [0.5, 0.6) is 0 Å². The zero-order chi connectivity index (χ0) is 18.9. The minimum Gasteiger partial charge on any atom is -0.475 e. The van der Waals surface area contributed by atoms with Gasteiger partial charge in [0.2, 0.25) is 0 Å². The molecule has 0 aromatic heterocycles. The molecule has 1 aliphatic heterocycles. The molecule has 2 aliphatic rings. The van der Waals surface area contributed by atoms with Crippen LogP contribution in [0.4, 0.5) is 13.2 Å². The zero-order valence-electron chi connectivity index (χ0n) is 14.7. The molecule has 2 rings (SSSR count). The number of hydrogen-bond donors (Lipinski definition) is 2. The van der Waals surface area contributed by atoms with Crippen molar-refractivity contribution in [2.75, 3.05) is 19.7 Å². The van der Waals surface area contributed by atoms with Gasteiger partial charge in [0.15, 0.2) is 0 Å². The normalized spacial score (nSPS) is 21.4. The number of nitrogens with one attached hydrogen (secondary N) is 1. The maximum atomic E-state index is 12.5. The molecule has 0 bridgehead atoms. The van der Waals surface area contributed by atoms with Crippen molar-refractivity contribution in [2.45, 2.75) is 64.5 Å². The van der Waals surface area contributed by atoms with Gasteiger partial charge < -0.3 is 15.2 Å². The molecule has 0 aromatic rings. The first-order chi connectivity index (χ1) is 11.7. The van der Waals surface area contributed by atoms with Gasteiger partial charge in [0, 0.05) is 0 Å². The third kappa shape index (κ3) is 6.49. The van der Waals surface area contributed by atoms with Gasteiger partial charge in [-0.05, 0) is 51.6 Å². The highest BCUT2D eigenvalue weighted by atomic mass is 19.4. The Balaban J connectivity index is 0.000000381. The van der Waals surface area contributed by atoms with E-state index in [1.807, 2.05) is 6.92 Å². The molecule has 0 amide bonds. The summed E-state index contributed by atoms with van der Waals surface area (Å²) >= 11 is 0. The lowest BCUT2D eigenvalue weighted by Crippen LogP contribution is -2.47. The van der Waals surface area contributed by atoms with E-state index in [2.05, 4.69) is 5.32 Å². The van der Waals surface area contributed by atoms with Crippen molar-refractivity contribution in [1.82, 2.24) is 5.32 Å². The Hall–Kier alpha value is -1.31. The maximum absolute atomic E-state index is 12.5. The number of piperidine rings is 1. The lowest BCUT2D eigenvalue weighted by Gasteiger charge is -2.41. The predicted octanol–water partition coefficient (Wildman–Crippen LogP) is 3.52. The highest BCUT2D eigenvalue weighted by Gasteiger charge is 2.46. The van der Waals surface area contributed by atoms with E-state index in [1.165, 1.54) is 38.5 Å². The first-order valence-electron chi connectivity index (χ1n) is 8.92. The van der Waals surface area contributed by atoms with E-state index in [0.717, 1.165) is 25.9 Å². The molecule has 0 spiro atoms. The van der Waals surface area contributed by atoms with Crippen LogP contribution in [-0.2, 0) is 14.3 Å². The van der Waals surface area contributed by atoms with Gasteiger partial charge in [-0.3, -0.25) is 4.79 Å². The second-order valence-corrected chi connectivity index (χ2v) is 6.62. The lowest BCUT2D eigenvalue weighted by atomic mass is 9.66. The number of carbonyl (C=O) groups excluding carboxylic acids is 1. The Kier molecular flexibility index (Phi) is 8.68. The summed E-state index contributed by atoms with van der Waals surface area (Å²) in [4.78, 5) is 21.4. The highest BCUT2D eigenvalue weighted by Crippen LogP contribution is 2.44. The van der Waals surface area contributed by atoms with Gasteiger partial charge in [-0.15, -0.1) is 0 Å². The maximum Gasteiger partial charge on any atom is 0.490 e. The van der Waals surface area contributed by atoms with Crippen LogP contribution in [0.3, 0.4) is 0 Å². The number of alkyl halides is 3. The largest absolute Gasteiger partial charge is 0.490 e. The van der Waals surface area contributed by atoms with Crippen molar-refractivity contribution in [3.63, 3.8) is 0 Å². The minimum absolute atomic E-state index is 0.0819. The first-order valence-corrected chi connectivity index (χ1v) is 8.92. The molecular weight excluding hydrogens is 339 g/mol. The molecule has 146 valence electrons. The Labute approximate surface area is 146 Å². The fourth-order valence-electron chi connectivity index (χ4n) is 3.76.